The van der Waals surface area contributed by atoms with Gasteiger partial charge in [0.15, 0.2) is 5.75 Å². The monoisotopic (exact) mass is 429 g/mol. The number of carbonyl (C=O) groups excluding carboxylic acids is 2. The number of methoxy groups -OCH3 is 1. The van der Waals surface area contributed by atoms with E-state index < -0.39 is 19.0 Å². The summed E-state index contributed by atoms with van der Waals surface area (Å²) in [5.74, 6) is 0.153. The first-order valence-corrected chi connectivity index (χ1v) is 9.12. The minimum Gasteiger partial charge on any atom is -0.494 e. The highest BCUT2D eigenvalue weighted by Crippen LogP contribution is 2.37. The van der Waals surface area contributed by atoms with Crippen molar-refractivity contribution in [2.24, 2.45) is 0 Å². The van der Waals surface area contributed by atoms with E-state index in [4.69, 9.17) is 18.1 Å². The molecule has 0 aliphatic heterocycles. The summed E-state index contributed by atoms with van der Waals surface area (Å²) in [6, 6.07) is 6.44. The summed E-state index contributed by atoms with van der Waals surface area (Å²) in [7, 11) is 1.44. The van der Waals surface area contributed by atoms with Gasteiger partial charge in [0.1, 0.15) is 5.82 Å². The zero-order chi connectivity index (χ0) is 24.9. The number of nitrogens with one attached hydrogen (secondary N) is 3. The van der Waals surface area contributed by atoms with Crippen molar-refractivity contribution in [2.45, 2.75) is 13.8 Å². The van der Waals surface area contributed by atoms with Crippen molar-refractivity contribution >= 4 is 29.2 Å². The highest BCUT2D eigenvalue weighted by molar-refractivity contribution is 6.01. The summed E-state index contributed by atoms with van der Waals surface area (Å²) in [6.07, 6.45) is 0.386. The fourth-order valence-electron chi connectivity index (χ4n) is 2.73. The Kier molecular flexibility index (Phi) is 5.46. The lowest BCUT2D eigenvalue weighted by Gasteiger charge is -2.16. The van der Waals surface area contributed by atoms with Crippen molar-refractivity contribution in [1.82, 2.24) is 20.4 Å². The average Bonchev–Trinajstić information content (AvgIpc) is 3.18. The molecule has 1 aromatic carbocycles. The predicted molar refractivity (Wildman–Crippen MR) is 113 cm³/mol. The Morgan fingerprint density at radius 3 is 2.81 bits per heavy atom. The number of aromatic nitrogens is 3. The summed E-state index contributed by atoms with van der Waals surface area (Å²) < 4.78 is 37.4. The zero-order valence-electron chi connectivity index (χ0n) is 20.0. The maximum absolute atomic E-state index is 12.6. The van der Waals surface area contributed by atoms with Crippen LogP contribution in [0.4, 0.5) is 22.0 Å². The third kappa shape index (κ3) is 4.89. The Labute approximate surface area is 182 Å². The van der Waals surface area contributed by atoms with Gasteiger partial charge in [0.25, 0.3) is 5.91 Å². The van der Waals surface area contributed by atoms with E-state index in [1.165, 1.54) is 13.2 Å². The maximum Gasteiger partial charge on any atom is 0.412 e. The number of aryl methyl sites for hydroxylation is 1. The van der Waals surface area contributed by atoms with Crippen LogP contribution in [0, 0.1) is 6.92 Å². The molecule has 0 saturated carbocycles. The number of hydrogen-bond donors (Lipinski definition) is 3. The van der Waals surface area contributed by atoms with Gasteiger partial charge in [0.2, 0.25) is 11.7 Å². The molecule has 3 N–H and O–H groups in total. The number of hydrogen-bond acceptors (Lipinski definition) is 9. The van der Waals surface area contributed by atoms with Gasteiger partial charge in [-0.2, -0.15) is 4.98 Å². The number of para-hydroxylation sites is 1. The number of nitrogens with zero attached hydrogens (tertiary/aromatic N) is 3. The van der Waals surface area contributed by atoms with Crippen LogP contribution >= 0.6 is 0 Å². The third-order valence-corrected chi connectivity index (χ3v) is 4.02. The molecule has 0 radical (unpaired) electrons. The molecule has 2 aromatic heterocycles. The normalized spacial score (nSPS) is 12.2. The number of benzene rings is 1. The molecule has 0 atom stereocenters. The second-order valence-electron chi connectivity index (χ2n) is 6.06. The van der Waals surface area contributed by atoms with Crippen LogP contribution in [0.15, 0.2) is 35.0 Å². The fraction of sp³-hybridized carbons (Fsp3) is 0.250. The number of anilines is 3. The van der Waals surface area contributed by atoms with Crippen molar-refractivity contribution in [3.63, 3.8) is 0 Å². The Hall–Kier alpha value is -4.15. The van der Waals surface area contributed by atoms with Gasteiger partial charge in [0, 0.05) is 30.3 Å². The predicted octanol–water partition coefficient (Wildman–Crippen LogP) is 3.12. The second kappa shape index (κ2) is 9.57. The lowest BCUT2D eigenvalue weighted by atomic mass is 10.1. The zero-order valence-corrected chi connectivity index (χ0v) is 17.0. The Bertz CT molecular complexity index is 1200. The van der Waals surface area contributed by atoms with Gasteiger partial charge in [-0.1, -0.05) is 11.2 Å². The van der Waals surface area contributed by atoms with Crippen LogP contribution in [0.1, 0.15) is 27.3 Å². The number of ether oxygens (including phenoxy) is 2. The molecular formula is C20H22N6O5. The summed E-state index contributed by atoms with van der Waals surface area (Å²) in [5.41, 5.74) is 0.965. The highest BCUT2D eigenvalue weighted by atomic mass is 16.5. The molecule has 31 heavy (non-hydrogen) atoms. The molecule has 2 amide bonds. The number of carbonyl (C=O) groups is 2. The van der Waals surface area contributed by atoms with E-state index in [2.05, 4.69) is 25.8 Å². The first kappa shape index (κ1) is 17.7. The second-order valence-corrected chi connectivity index (χ2v) is 6.06. The Morgan fingerprint density at radius 2 is 2.13 bits per heavy atom. The number of rotatable bonds is 7. The highest BCUT2D eigenvalue weighted by Gasteiger charge is 2.19. The SMILES string of the molecule is [2H]C([2H])([2H])NC(=O)c1cnc(NC(=O)OCC)cc1Nc1cccc(-c2noc(C)n2)c1OC. The third-order valence-electron chi connectivity index (χ3n) is 4.02. The number of amides is 2. The van der Waals surface area contributed by atoms with E-state index in [-0.39, 0.29) is 29.5 Å². The smallest absolute Gasteiger partial charge is 0.412 e. The molecular weight excluding hydrogens is 404 g/mol. The van der Waals surface area contributed by atoms with Crippen LogP contribution in [0.2, 0.25) is 0 Å². The van der Waals surface area contributed by atoms with Crippen molar-refractivity contribution in [2.75, 3.05) is 31.3 Å². The lowest BCUT2D eigenvalue weighted by Crippen LogP contribution is -2.20. The summed E-state index contributed by atoms with van der Waals surface area (Å²) >= 11 is 0. The van der Waals surface area contributed by atoms with Gasteiger partial charge in [-0.3, -0.25) is 10.1 Å². The molecule has 0 saturated heterocycles. The average molecular weight is 429 g/mol. The molecule has 0 aliphatic rings. The largest absolute Gasteiger partial charge is 0.494 e. The van der Waals surface area contributed by atoms with E-state index in [1.807, 2.05) is 5.32 Å². The fourth-order valence-corrected chi connectivity index (χ4v) is 2.73. The van der Waals surface area contributed by atoms with Gasteiger partial charge < -0.3 is 24.6 Å². The molecule has 0 unspecified atom stereocenters. The van der Waals surface area contributed by atoms with Crippen LogP contribution in [0.5, 0.6) is 5.75 Å². The van der Waals surface area contributed by atoms with Gasteiger partial charge in [-0.05, 0) is 19.1 Å². The molecule has 0 fully saturated rings. The Balaban J connectivity index is 2.04. The van der Waals surface area contributed by atoms with Gasteiger partial charge in [-0.15, -0.1) is 0 Å². The lowest BCUT2D eigenvalue weighted by molar-refractivity contribution is 0.0963. The molecule has 162 valence electrons. The van der Waals surface area contributed by atoms with Crippen LogP contribution < -0.4 is 20.7 Å². The summed E-state index contributed by atoms with van der Waals surface area (Å²) in [5, 5.41) is 11.3. The molecule has 3 aromatic rings. The minimum atomic E-state index is -2.72. The van der Waals surface area contributed by atoms with Crippen molar-refractivity contribution in [1.29, 1.82) is 0 Å². The van der Waals surface area contributed by atoms with E-state index >= 15 is 0 Å². The van der Waals surface area contributed by atoms with E-state index in [0.717, 1.165) is 6.20 Å². The van der Waals surface area contributed by atoms with E-state index in [0.29, 0.717) is 22.9 Å². The van der Waals surface area contributed by atoms with Crippen LogP contribution in [-0.4, -0.2) is 47.8 Å². The van der Waals surface area contributed by atoms with Gasteiger partial charge in [-0.25, -0.2) is 9.78 Å². The molecule has 11 heteroatoms. The standard InChI is InChI=1S/C20H22N6O5/c1-5-30-20(28)25-16-9-15(13(10-22-16)19(27)21-3)24-14-8-6-7-12(17(14)29-4)18-23-11(2)31-26-18/h6-10H,5H2,1-4H3,(H,21,27)(H2,22,24,25,28)/i3D3. The van der Waals surface area contributed by atoms with Gasteiger partial charge >= 0.3 is 6.09 Å². The maximum atomic E-state index is 12.6. The molecule has 0 bridgehead atoms. The number of pyridine rings is 1. The van der Waals surface area contributed by atoms with Crippen LogP contribution in [-0.2, 0) is 4.74 Å². The van der Waals surface area contributed by atoms with Crippen LogP contribution in [0.3, 0.4) is 0 Å². The summed E-state index contributed by atoms with van der Waals surface area (Å²) in [4.78, 5) is 32.6. The van der Waals surface area contributed by atoms with Gasteiger partial charge in [0.05, 0.1) is 36.2 Å². The van der Waals surface area contributed by atoms with Crippen molar-refractivity contribution < 1.29 is 27.7 Å². The molecule has 0 aliphatic carbocycles. The van der Waals surface area contributed by atoms with E-state index in [9.17, 15) is 9.59 Å². The van der Waals surface area contributed by atoms with Crippen molar-refractivity contribution in [3.05, 3.63) is 41.9 Å². The van der Waals surface area contributed by atoms with E-state index in [1.54, 1.807) is 32.0 Å². The molecule has 3 rings (SSSR count). The van der Waals surface area contributed by atoms with Crippen LogP contribution in [0.25, 0.3) is 11.4 Å². The quantitative estimate of drug-likeness (QED) is 0.516. The van der Waals surface area contributed by atoms with Crippen molar-refractivity contribution in [3.8, 4) is 17.1 Å². The summed E-state index contributed by atoms with van der Waals surface area (Å²) in [6.45, 7) is 0.725. The molecule has 11 nitrogen and oxygen atoms in total. The first-order chi connectivity index (χ1) is 16.1. The first-order valence-electron chi connectivity index (χ1n) is 10.6. The Morgan fingerprint density at radius 1 is 1.29 bits per heavy atom. The molecule has 0 spiro atoms. The molecule has 2 heterocycles. The topological polar surface area (TPSA) is 140 Å². The minimum absolute atomic E-state index is 0.0651.